The molecule has 5 rings (SSSR count). The first-order valence-electron chi connectivity index (χ1n) is 12.0. The van der Waals surface area contributed by atoms with E-state index < -0.39 is 5.91 Å². The van der Waals surface area contributed by atoms with Crippen LogP contribution in [0.25, 0.3) is 22.2 Å². The molecular formula is C28H29N5O3. The molecule has 0 atom stereocenters. The molecule has 1 aliphatic rings. The fourth-order valence-electron chi connectivity index (χ4n) is 4.42. The zero-order valence-electron chi connectivity index (χ0n) is 19.9. The number of ether oxygens (including phenoxy) is 1. The lowest BCUT2D eigenvalue weighted by molar-refractivity contribution is 0.0590. The highest BCUT2D eigenvalue weighted by atomic mass is 16.5. The maximum absolute atomic E-state index is 12.3. The highest BCUT2D eigenvalue weighted by molar-refractivity contribution is 6.06. The van der Waals surface area contributed by atoms with Gasteiger partial charge >= 0.3 is 0 Å². The van der Waals surface area contributed by atoms with Gasteiger partial charge in [-0.2, -0.15) is 0 Å². The number of carbonyl (C=O) groups is 2. The van der Waals surface area contributed by atoms with Crippen molar-refractivity contribution in [2.75, 3.05) is 39.3 Å². The Balaban J connectivity index is 1.09. The first-order valence-corrected chi connectivity index (χ1v) is 12.0. The molecule has 0 radical (unpaired) electrons. The van der Waals surface area contributed by atoms with Gasteiger partial charge in [0.15, 0.2) is 0 Å². The van der Waals surface area contributed by atoms with Crippen LogP contribution in [0.1, 0.15) is 20.7 Å². The van der Waals surface area contributed by atoms with Gasteiger partial charge in [0.05, 0.1) is 11.1 Å². The highest BCUT2D eigenvalue weighted by Gasteiger charge is 2.19. The third-order valence-corrected chi connectivity index (χ3v) is 6.43. The van der Waals surface area contributed by atoms with Gasteiger partial charge in [0.1, 0.15) is 12.4 Å². The van der Waals surface area contributed by atoms with E-state index in [4.69, 9.17) is 10.5 Å². The zero-order valence-corrected chi connectivity index (χ0v) is 19.9. The van der Waals surface area contributed by atoms with E-state index in [1.54, 1.807) is 6.07 Å². The number of benzene rings is 3. The Morgan fingerprint density at radius 1 is 0.917 bits per heavy atom. The maximum atomic E-state index is 12.3. The quantitative estimate of drug-likeness (QED) is 0.357. The average molecular weight is 484 g/mol. The fraction of sp³-hybridized carbons (Fsp3) is 0.214. The van der Waals surface area contributed by atoms with Gasteiger partial charge in [-0.1, -0.05) is 30.3 Å². The Bertz CT molecular complexity index is 1340. The van der Waals surface area contributed by atoms with Crippen LogP contribution >= 0.6 is 0 Å². The number of nitrogens with one attached hydrogen (secondary N) is 2. The summed E-state index contributed by atoms with van der Waals surface area (Å²) < 4.78 is 5.96. The van der Waals surface area contributed by atoms with Gasteiger partial charge < -0.3 is 15.5 Å². The van der Waals surface area contributed by atoms with Crippen molar-refractivity contribution in [3.63, 3.8) is 0 Å². The fourth-order valence-corrected chi connectivity index (χ4v) is 4.42. The topological polar surface area (TPSA) is 104 Å². The number of hydrogen-bond acceptors (Lipinski definition) is 5. The molecule has 1 saturated heterocycles. The number of aromatic amines is 1. The third-order valence-electron chi connectivity index (χ3n) is 6.43. The summed E-state index contributed by atoms with van der Waals surface area (Å²) in [7, 11) is 0. The summed E-state index contributed by atoms with van der Waals surface area (Å²) >= 11 is 0. The van der Waals surface area contributed by atoms with E-state index in [1.165, 1.54) is 0 Å². The maximum Gasteiger partial charge on any atom is 0.265 e. The minimum absolute atomic E-state index is 0.0726. The van der Waals surface area contributed by atoms with Crippen LogP contribution in [0.3, 0.4) is 0 Å². The second-order valence-electron chi connectivity index (χ2n) is 8.83. The van der Waals surface area contributed by atoms with Crippen molar-refractivity contribution in [1.82, 2.24) is 20.3 Å². The van der Waals surface area contributed by atoms with Crippen LogP contribution in [0.2, 0.25) is 0 Å². The van der Waals surface area contributed by atoms with E-state index in [1.807, 2.05) is 77.8 Å². The number of carbonyl (C=O) groups excluding carboxylic acids is 2. The largest absolute Gasteiger partial charge is 0.492 e. The molecule has 2 heterocycles. The molecular weight excluding hydrogens is 454 g/mol. The smallest absolute Gasteiger partial charge is 0.265 e. The Hall–Kier alpha value is -4.14. The number of hydrazine groups is 1. The third kappa shape index (κ3) is 5.40. The van der Waals surface area contributed by atoms with Gasteiger partial charge in [0, 0.05) is 49.4 Å². The second kappa shape index (κ2) is 10.6. The van der Waals surface area contributed by atoms with Crippen molar-refractivity contribution < 1.29 is 14.3 Å². The average Bonchev–Trinajstić information content (AvgIpc) is 3.35. The number of nitrogens with two attached hydrogens (primary N) is 1. The van der Waals surface area contributed by atoms with Gasteiger partial charge in [-0.25, -0.2) is 5.01 Å². The predicted molar refractivity (Wildman–Crippen MR) is 140 cm³/mol. The van der Waals surface area contributed by atoms with Crippen LogP contribution in [0.4, 0.5) is 0 Å². The van der Waals surface area contributed by atoms with Crippen LogP contribution in [-0.2, 0) is 0 Å². The van der Waals surface area contributed by atoms with Gasteiger partial charge in [-0.15, -0.1) is 0 Å². The number of H-pyrrole nitrogens is 1. The molecule has 0 spiro atoms. The van der Waals surface area contributed by atoms with Crippen molar-refractivity contribution in [2.45, 2.75) is 0 Å². The Labute approximate surface area is 209 Å². The Morgan fingerprint density at radius 2 is 1.67 bits per heavy atom. The lowest BCUT2D eigenvalue weighted by atomic mass is 10.1. The van der Waals surface area contributed by atoms with Crippen LogP contribution in [0, 0.1) is 0 Å². The molecule has 3 aromatic carbocycles. The van der Waals surface area contributed by atoms with Crippen molar-refractivity contribution in [1.29, 1.82) is 0 Å². The van der Waals surface area contributed by atoms with Gasteiger partial charge in [-0.3, -0.25) is 19.9 Å². The minimum Gasteiger partial charge on any atom is -0.492 e. The molecule has 8 nitrogen and oxygen atoms in total. The summed E-state index contributed by atoms with van der Waals surface area (Å²) in [5.74, 6) is 0.286. The monoisotopic (exact) mass is 483 g/mol. The van der Waals surface area contributed by atoms with Crippen molar-refractivity contribution in [2.24, 2.45) is 5.73 Å². The van der Waals surface area contributed by atoms with E-state index in [9.17, 15) is 9.59 Å². The number of rotatable bonds is 8. The van der Waals surface area contributed by atoms with Crippen molar-refractivity contribution in [3.8, 4) is 17.0 Å². The van der Waals surface area contributed by atoms with Crippen LogP contribution in [-0.4, -0.2) is 66.0 Å². The molecule has 0 bridgehead atoms. The Morgan fingerprint density at radius 3 is 2.39 bits per heavy atom. The van der Waals surface area contributed by atoms with E-state index in [-0.39, 0.29) is 5.91 Å². The normalized spacial score (nSPS) is 14.6. The van der Waals surface area contributed by atoms with E-state index >= 15 is 0 Å². The van der Waals surface area contributed by atoms with Crippen LogP contribution in [0.15, 0.2) is 78.9 Å². The number of primary amides is 1. The SMILES string of the molecule is NC(=O)c1cccc2cc(-c3ccc(OCCN4CCN(NC(=O)c5ccccc5)CC4)cc3)[nH]c12. The van der Waals surface area contributed by atoms with E-state index in [0.717, 1.165) is 60.6 Å². The summed E-state index contributed by atoms with van der Waals surface area (Å²) in [6.07, 6.45) is 0. The number of amides is 2. The number of fused-ring (bicyclic) bond motifs is 1. The molecule has 0 unspecified atom stereocenters. The first-order chi connectivity index (χ1) is 17.6. The molecule has 4 aromatic rings. The van der Waals surface area contributed by atoms with E-state index in [2.05, 4.69) is 15.3 Å². The lowest BCUT2D eigenvalue weighted by Crippen LogP contribution is -2.54. The molecule has 36 heavy (non-hydrogen) atoms. The summed E-state index contributed by atoms with van der Waals surface area (Å²) in [4.78, 5) is 29.7. The van der Waals surface area contributed by atoms with Gasteiger partial charge in [0.25, 0.3) is 11.8 Å². The summed E-state index contributed by atoms with van der Waals surface area (Å²) in [6, 6.07) is 24.7. The number of nitrogens with zero attached hydrogens (tertiary/aromatic N) is 2. The summed E-state index contributed by atoms with van der Waals surface area (Å²) in [6.45, 7) is 4.69. The van der Waals surface area contributed by atoms with Crippen LogP contribution < -0.4 is 15.9 Å². The molecule has 2 amide bonds. The predicted octanol–water partition coefficient (Wildman–Crippen LogP) is 3.28. The first kappa shape index (κ1) is 23.6. The standard InChI is InChI=1S/C28H29N5O3/c29-27(34)24-8-4-7-22-19-25(30-26(22)24)20-9-11-23(12-10-20)36-18-17-32-13-15-33(16-14-32)31-28(35)21-5-2-1-3-6-21/h1-12,19,30H,13-18H2,(H2,29,34)(H,31,35). The van der Waals surface area contributed by atoms with Gasteiger partial charge in [0.2, 0.25) is 0 Å². The summed E-state index contributed by atoms with van der Waals surface area (Å²) in [5.41, 5.74) is 12.3. The molecule has 0 aliphatic carbocycles. The van der Waals surface area contributed by atoms with Crippen molar-refractivity contribution >= 4 is 22.7 Å². The molecule has 0 saturated carbocycles. The number of piperazine rings is 1. The zero-order chi connectivity index (χ0) is 24.9. The number of para-hydroxylation sites is 1. The second-order valence-corrected chi connectivity index (χ2v) is 8.83. The molecule has 4 N–H and O–H groups in total. The van der Waals surface area contributed by atoms with E-state index in [0.29, 0.717) is 17.7 Å². The molecule has 8 heteroatoms. The lowest BCUT2D eigenvalue weighted by Gasteiger charge is -2.34. The number of hydrogen-bond donors (Lipinski definition) is 3. The van der Waals surface area contributed by atoms with Crippen LogP contribution in [0.5, 0.6) is 5.75 Å². The molecule has 1 fully saturated rings. The number of aromatic nitrogens is 1. The molecule has 184 valence electrons. The molecule has 1 aliphatic heterocycles. The Kier molecular flexibility index (Phi) is 6.97. The van der Waals surface area contributed by atoms with Gasteiger partial charge in [-0.05, 0) is 54.1 Å². The highest BCUT2D eigenvalue weighted by Crippen LogP contribution is 2.27. The summed E-state index contributed by atoms with van der Waals surface area (Å²) in [5, 5.41) is 2.92. The molecule has 1 aromatic heterocycles. The minimum atomic E-state index is -0.448. The van der Waals surface area contributed by atoms with Crippen molar-refractivity contribution in [3.05, 3.63) is 90.0 Å².